The van der Waals surface area contributed by atoms with Gasteiger partial charge in [0.15, 0.2) is 18.9 Å². The van der Waals surface area contributed by atoms with Crippen molar-refractivity contribution in [2.24, 2.45) is 15.3 Å². The highest BCUT2D eigenvalue weighted by atomic mass is 16.7. The van der Waals surface area contributed by atoms with Crippen LogP contribution >= 0.6 is 0 Å². The second-order valence-electron chi connectivity index (χ2n) is 15.1. The number of nitrogens with zero attached hydrogens (tertiary/aromatic N) is 9. The van der Waals surface area contributed by atoms with Gasteiger partial charge in [-0.1, -0.05) is 88.1 Å². The summed E-state index contributed by atoms with van der Waals surface area (Å²) in [6.45, 7) is 3.88. The first-order valence-corrected chi connectivity index (χ1v) is 20.4. The van der Waals surface area contributed by atoms with Crippen LogP contribution in [0.2, 0.25) is 0 Å². The predicted molar refractivity (Wildman–Crippen MR) is 222 cm³/mol. The molecule has 3 aliphatic rings. The predicted octanol–water partition coefficient (Wildman–Crippen LogP) is 6.43. The summed E-state index contributed by atoms with van der Waals surface area (Å²) in [4.78, 5) is 9.11. The molecule has 0 amide bonds. The maximum Gasteiger partial charge on any atom is 0.169 e. The van der Waals surface area contributed by atoms with Gasteiger partial charge in [0, 0.05) is 29.0 Å². The molecular weight excluding hydrogens is 823 g/mol. The van der Waals surface area contributed by atoms with E-state index in [4.69, 9.17) is 52.1 Å². The third-order valence-corrected chi connectivity index (χ3v) is 11.1. The lowest BCUT2D eigenvalue weighted by Gasteiger charge is -2.49. The first-order chi connectivity index (χ1) is 30.7. The molecule has 338 valence electrons. The number of methoxy groups -OCH3 is 3. The molecule has 3 aromatic rings. The zero-order valence-electron chi connectivity index (χ0n) is 35.5. The summed E-state index contributed by atoms with van der Waals surface area (Å²) in [5, 5.41) is 23.9. The van der Waals surface area contributed by atoms with Gasteiger partial charge < -0.3 is 57.2 Å². The molecule has 3 aliphatic heterocycles. The highest BCUT2D eigenvalue weighted by Gasteiger charge is 2.54. The molecule has 21 nitrogen and oxygen atoms in total. The SMILES string of the molecule is COc1ccc(COC[C@H]2O[C@@H](O[C@H]3[C@@H](O)[C@H](N=[N+]=[N-])[C@H](O[C@@H]4[C@@H](N=[N+]=[N-])[C@H](OC)O[C@H](C)[C@@H]4OCc4ccccc4)O[C@H]3C)[C@@H](N=[N+]=[N-])[C@@H](OCc3ccccc3)[C@@H]2OC)cc1. The lowest BCUT2D eigenvalue weighted by atomic mass is 9.94. The number of hydrogen-bond donors (Lipinski definition) is 1. The fourth-order valence-corrected chi connectivity index (χ4v) is 7.89. The van der Waals surface area contributed by atoms with Crippen LogP contribution < -0.4 is 4.74 Å². The fourth-order valence-electron chi connectivity index (χ4n) is 7.89. The first-order valence-electron chi connectivity index (χ1n) is 20.4. The van der Waals surface area contributed by atoms with Crippen LogP contribution in [0, 0.1) is 0 Å². The van der Waals surface area contributed by atoms with E-state index in [9.17, 15) is 21.7 Å². The molecule has 1 N–H and O–H groups in total. The summed E-state index contributed by atoms with van der Waals surface area (Å²) in [5.41, 5.74) is 31.8. The van der Waals surface area contributed by atoms with Crippen LogP contribution in [-0.4, -0.2) is 125 Å². The molecule has 0 spiro atoms. The van der Waals surface area contributed by atoms with Crippen LogP contribution in [0.15, 0.2) is 100 Å². The van der Waals surface area contributed by atoms with E-state index in [1.54, 1.807) is 21.0 Å². The Kier molecular flexibility index (Phi) is 17.8. The van der Waals surface area contributed by atoms with Crippen molar-refractivity contribution < 1.29 is 57.2 Å². The van der Waals surface area contributed by atoms with E-state index in [2.05, 4.69) is 30.1 Å². The third-order valence-electron chi connectivity index (χ3n) is 11.1. The number of azide groups is 3. The van der Waals surface area contributed by atoms with Gasteiger partial charge in [-0.05, 0) is 59.3 Å². The molecule has 21 heteroatoms. The van der Waals surface area contributed by atoms with Gasteiger partial charge >= 0.3 is 0 Å². The fraction of sp³-hybridized carbons (Fsp3) is 0.571. The van der Waals surface area contributed by atoms with E-state index >= 15 is 0 Å². The van der Waals surface area contributed by atoms with Gasteiger partial charge in [0.2, 0.25) is 0 Å². The summed E-state index contributed by atoms with van der Waals surface area (Å²) in [6, 6.07) is 22.5. The van der Waals surface area contributed by atoms with Crippen molar-refractivity contribution in [2.75, 3.05) is 27.9 Å². The van der Waals surface area contributed by atoms with Crippen LogP contribution in [0.4, 0.5) is 0 Å². The average molecular weight is 876 g/mol. The van der Waals surface area contributed by atoms with Gasteiger partial charge in [-0.2, -0.15) is 0 Å². The lowest BCUT2D eigenvalue weighted by molar-refractivity contribution is -0.345. The Hall–Kier alpha value is -5.05. The van der Waals surface area contributed by atoms with Crippen molar-refractivity contribution >= 4 is 0 Å². The molecule has 0 unspecified atom stereocenters. The second-order valence-corrected chi connectivity index (χ2v) is 15.1. The van der Waals surface area contributed by atoms with Crippen molar-refractivity contribution in [1.82, 2.24) is 0 Å². The molecule has 63 heavy (non-hydrogen) atoms. The Bertz CT molecular complexity index is 2010. The van der Waals surface area contributed by atoms with Crippen molar-refractivity contribution in [2.45, 2.75) is 126 Å². The topological polar surface area (TPSA) is 268 Å². The van der Waals surface area contributed by atoms with E-state index in [-0.39, 0.29) is 26.4 Å². The van der Waals surface area contributed by atoms with E-state index in [1.165, 1.54) is 14.2 Å². The van der Waals surface area contributed by atoms with Gasteiger partial charge in [0.1, 0.15) is 60.5 Å². The van der Waals surface area contributed by atoms with E-state index in [0.29, 0.717) is 5.75 Å². The van der Waals surface area contributed by atoms with Crippen LogP contribution in [0.25, 0.3) is 31.3 Å². The zero-order chi connectivity index (χ0) is 44.7. The molecule has 0 radical (unpaired) electrons. The Morgan fingerprint density at radius 1 is 0.556 bits per heavy atom. The highest BCUT2D eigenvalue weighted by molar-refractivity contribution is 5.26. The van der Waals surface area contributed by atoms with Crippen molar-refractivity contribution in [3.8, 4) is 5.75 Å². The standard InChI is InChI=1S/C42H53N9O12/c1-24-35(34(52)31(46-49-43)41(60-24)63-39-33(48-51-45)40(55-5)59-25(2)36(39)57-21-26-12-8-6-9-13-26)62-42-32(47-50-44)38(58-22-27-14-10-7-11-15-27)37(54-4)30(61-42)23-56-20-28-16-18-29(53-3)19-17-28/h6-19,24-25,30-42,52H,20-23H2,1-5H3/t24-,25+,30+,31-,32-,33+,34-,35+,36-,37+,38+,39+,40+,41-,42-/m0/s1. The van der Waals surface area contributed by atoms with Gasteiger partial charge in [0.25, 0.3) is 0 Å². The van der Waals surface area contributed by atoms with Gasteiger partial charge in [0.05, 0.1) is 51.8 Å². The quantitative estimate of drug-likeness (QED) is 0.0731. The average Bonchev–Trinajstić information content (AvgIpc) is 3.30. The van der Waals surface area contributed by atoms with Crippen LogP contribution in [0.3, 0.4) is 0 Å². The minimum atomic E-state index is -1.59. The molecule has 0 bridgehead atoms. The highest BCUT2D eigenvalue weighted by Crippen LogP contribution is 2.37. The number of benzene rings is 3. The molecule has 3 fully saturated rings. The Balaban J connectivity index is 1.25. The second kappa shape index (κ2) is 23.6. The lowest BCUT2D eigenvalue weighted by Crippen LogP contribution is -2.65. The molecule has 3 heterocycles. The molecule has 0 aromatic heterocycles. The molecule has 6 rings (SSSR count). The summed E-state index contributed by atoms with van der Waals surface area (Å²) < 4.78 is 67.6. The van der Waals surface area contributed by atoms with Crippen LogP contribution in [-0.2, 0) is 67.2 Å². The summed E-state index contributed by atoms with van der Waals surface area (Å²) in [7, 11) is 4.47. The van der Waals surface area contributed by atoms with Gasteiger partial charge in [-0.15, -0.1) is 0 Å². The maximum absolute atomic E-state index is 12.0. The Morgan fingerprint density at radius 2 is 1.06 bits per heavy atom. The number of hydrogen-bond acceptors (Lipinski definition) is 15. The molecule has 0 saturated carbocycles. The van der Waals surface area contributed by atoms with Crippen molar-refractivity contribution in [3.63, 3.8) is 0 Å². The molecule has 3 aromatic carbocycles. The first kappa shape index (κ1) is 47.4. The summed E-state index contributed by atoms with van der Waals surface area (Å²) in [5.74, 6) is 0.701. The maximum atomic E-state index is 12.0. The van der Waals surface area contributed by atoms with Gasteiger partial charge in [-0.25, -0.2) is 0 Å². The van der Waals surface area contributed by atoms with E-state index in [1.807, 2.05) is 84.9 Å². The zero-order valence-corrected chi connectivity index (χ0v) is 35.5. The van der Waals surface area contributed by atoms with E-state index < -0.39 is 91.9 Å². The van der Waals surface area contributed by atoms with E-state index in [0.717, 1.165) is 16.7 Å². The smallest absolute Gasteiger partial charge is 0.169 e. The Morgan fingerprint density at radius 3 is 1.63 bits per heavy atom. The monoisotopic (exact) mass is 875 g/mol. The summed E-state index contributed by atoms with van der Waals surface area (Å²) in [6.07, 6.45) is -12.8. The minimum Gasteiger partial charge on any atom is -0.497 e. The number of rotatable bonds is 20. The van der Waals surface area contributed by atoms with Gasteiger partial charge in [-0.3, -0.25) is 0 Å². The molecule has 3 saturated heterocycles. The Labute approximate surface area is 364 Å². The number of aliphatic hydroxyl groups is 1. The van der Waals surface area contributed by atoms with Crippen LogP contribution in [0.5, 0.6) is 5.75 Å². The minimum absolute atomic E-state index is 0.000961. The number of ether oxygens (including phenoxy) is 11. The molecule has 15 atom stereocenters. The van der Waals surface area contributed by atoms with Crippen molar-refractivity contribution in [3.05, 3.63) is 133 Å². The van der Waals surface area contributed by atoms with Crippen LogP contribution in [0.1, 0.15) is 30.5 Å². The largest absolute Gasteiger partial charge is 0.497 e. The third kappa shape index (κ3) is 12.0. The molecular formula is C42H53N9O12. The molecule has 0 aliphatic carbocycles. The number of aliphatic hydroxyl groups excluding tert-OH is 1. The normalized spacial score (nSPS) is 33.0. The van der Waals surface area contributed by atoms with Crippen molar-refractivity contribution in [1.29, 1.82) is 0 Å². The summed E-state index contributed by atoms with van der Waals surface area (Å²) >= 11 is 0.